The zero-order chi connectivity index (χ0) is 7.40. The summed E-state index contributed by atoms with van der Waals surface area (Å²) in [4.78, 5) is 9.89. The number of carbonyl (C=O) groups is 1. The summed E-state index contributed by atoms with van der Waals surface area (Å²) >= 11 is 0. The first-order valence-corrected chi connectivity index (χ1v) is 3.62. The smallest absolute Gasteiger partial charge is 0.293 e. The van der Waals surface area contributed by atoms with E-state index in [1.54, 1.807) is 0 Å². The molecule has 0 heterocycles. The normalized spacial score (nSPS) is 33.3. The van der Waals surface area contributed by atoms with Crippen LogP contribution in [0.1, 0.15) is 25.7 Å². The van der Waals surface area contributed by atoms with E-state index in [1.165, 1.54) is 0 Å². The second-order valence-electron chi connectivity index (χ2n) is 2.62. The molecule has 1 N–H and O–H groups in total. The first-order valence-electron chi connectivity index (χ1n) is 3.62. The minimum Gasteiger partial charge on any atom is -0.462 e. The fourth-order valence-corrected chi connectivity index (χ4v) is 1.31. The van der Waals surface area contributed by atoms with Gasteiger partial charge >= 0.3 is 0 Å². The number of rotatable bonds is 2. The van der Waals surface area contributed by atoms with Crippen LogP contribution in [-0.4, -0.2) is 23.8 Å². The van der Waals surface area contributed by atoms with Crippen molar-refractivity contribution < 1.29 is 14.6 Å². The highest BCUT2D eigenvalue weighted by atomic mass is 16.5. The summed E-state index contributed by atoms with van der Waals surface area (Å²) in [6.07, 6.45) is 2.98. The molecule has 3 nitrogen and oxygen atoms in total. The van der Waals surface area contributed by atoms with Crippen molar-refractivity contribution in [3.05, 3.63) is 0 Å². The Kier molecular flexibility index (Phi) is 2.68. The van der Waals surface area contributed by atoms with Gasteiger partial charge in [0.15, 0.2) is 0 Å². The molecule has 0 radical (unpaired) electrons. The van der Waals surface area contributed by atoms with Crippen molar-refractivity contribution in [3.63, 3.8) is 0 Å². The summed E-state index contributed by atoms with van der Waals surface area (Å²) in [5.41, 5.74) is 0. The van der Waals surface area contributed by atoms with Gasteiger partial charge in [0.05, 0.1) is 6.10 Å². The summed E-state index contributed by atoms with van der Waals surface area (Å²) < 4.78 is 4.66. The van der Waals surface area contributed by atoms with Crippen LogP contribution < -0.4 is 0 Å². The third-order valence-electron chi connectivity index (χ3n) is 1.90. The van der Waals surface area contributed by atoms with E-state index in [4.69, 9.17) is 0 Å². The molecule has 0 aromatic carbocycles. The summed E-state index contributed by atoms with van der Waals surface area (Å²) in [6.45, 7) is 0.416. The second-order valence-corrected chi connectivity index (χ2v) is 2.62. The molecule has 58 valence electrons. The fourth-order valence-electron chi connectivity index (χ4n) is 1.31. The van der Waals surface area contributed by atoms with Crippen molar-refractivity contribution in [3.8, 4) is 0 Å². The van der Waals surface area contributed by atoms with Crippen molar-refractivity contribution in [1.29, 1.82) is 0 Å². The lowest BCUT2D eigenvalue weighted by Gasteiger charge is -2.25. The molecular formula is C7H12O3. The Balaban J connectivity index is 2.32. The van der Waals surface area contributed by atoms with Crippen LogP contribution in [0.15, 0.2) is 0 Å². The Morgan fingerprint density at radius 3 is 2.70 bits per heavy atom. The van der Waals surface area contributed by atoms with Gasteiger partial charge in [0.2, 0.25) is 0 Å². The van der Waals surface area contributed by atoms with E-state index >= 15 is 0 Å². The van der Waals surface area contributed by atoms with Crippen LogP contribution in [0, 0.1) is 0 Å². The molecule has 0 aromatic heterocycles. The number of hydrogen-bond acceptors (Lipinski definition) is 3. The Morgan fingerprint density at radius 2 is 2.10 bits per heavy atom. The van der Waals surface area contributed by atoms with Crippen molar-refractivity contribution in [1.82, 2.24) is 0 Å². The molecule has 1 aliphatic rings. The molecule has 0 bridgehead atoms. The zero-order valence-corrected chi connectivity index (χ0v) is 5.82. The average Bonchev–Trinajstić information content (AvgIpc) is 1.94. The van der Waals surface area contributed by atoms with Gasteiger partial charge in [-0.1, -0.05) is 6.42 Å². The molecule has 0 saturated heterocycles. The van der Waals surface area contributed by atoms with Crippen LogP contribution >= 0.6 is 0 Å². The van der Waals surface area contributed by atoms with Crippen molar-refractivity contribution in [2.45, 2.75) is 37.9 Å². The van der Waals surface area contributed by atoms with Crippen molar-refractivity contribution >= 4 is 6.47 Å². The Labute approximate surface area is 60.0 Å². The average molecular weight is 144 g/mol. The lowest BCUT2D eigenvalue weighted by molar-refractivity contribution is -0.141. The molecule has 1 saturated carbocycles. The van der Waals surface area contributed by atoms with Crippen LogP contribution in [0.5, 0.6) is 0 Å². The third-order valence-corrected chi connectivity index (χ3v) is 1.90. The number of aliphatic hydroxyl groups is 1. The van der Waals surface area contributed by atoms with Crippen LogP contribution in [0.3, 0.4) is 0 Å². The highest BCUT2D eigenvalue weighted by Gasteiger charge is 2.23. The van der Waals surface area contributed by atoms with Gasteiger partial charge < -0.3 is 9.84 Å². The number of ether oxygens (including phenoxy) is 1. The van der Waals surface area contributed by atoms with Gasteiger partial charge in [-0.2, -0.15) is 0 Å². The number of aliphatic hydroxyl groups excluding tert-OH is 1. The van der Waals surface area contributed by atoms with E-state index in [9.17, 15) is 9.90 Å². The Hall–Kier alpha value is -0.570. The van der Waals surface area contributed by atoms with Crippen LogP contribution in [0.25, 0.3) is 0 Å². The number of carbonyl (C=O) groups excluding carboxylic acids is 1. The zero-order valence-electron chi connectivity index (χ0n) is 5.82. The molecule has 10 heavy (non-hydrogen) atoms. The Morgan fingerprint density at radius 1 is 1.40 bits per heavy atom. The van der Waals surface area contributed by atoms with Gasteiger partial charge in [0.25, 0.3) is 6.47 Å². The Bertz CT molecular complexity index is 113. The lowest BCUT2D eigenvalue weighted by Crippen LogP contribution is -2.31. The van der Waals surface area contributed by atoms with Gasteiger partial charge in [-0.15, -0.1) is 0 Å². The molecule has 1 aliphatic carbocycles. The van der Waals surface area contributed by atoms with Gasteiger partial charge in [-0.05, 0) is 19.3 Å². The summed E-state index contributed by atoms with van der Waals surface area (Å²) in [5.74, 6) is 0. The lowest BCUT2D eigenvalue weighted by atomic mass is 9.95. The third kappa shape index (κ3) is 1.70. The largest absolute Gasteiger partial charge is 0.462 e. The molecule has 1 fully saturated rings. The molecule has 0 spiro atoms. The van der Waals surface area contributed by atoms with Crippen molar-refractivity contribution in [2.75, 3.05) is 0 Å². The predicted molar refractivity (Wildman–Crippen MR) is 35.4 cm³/mol. The molecule has 0 aromatic rings. The molecule has 2 unspecified atom stereocenters. The maximum Gasteiger partial charge on any atom is 0.293 e. The summed E-state index contributed by atoms with van der Waals surface area (Å²) in [6, 6.07) is 0. The standard InChI is InChI=1S/C7H12O3/c8-5-10-7-4-2-1-3-6(7)9/h5-7,9H,1-4H2. The van der Waals surface area contributed by atoms with Gasteiger partial charge in [0, 0.05) is 0 Å². The topological polar surface area (TPSA) is 46.5 Å². The monoisotopic (exact) mass is 144 g/mol. The van der Waals surface area contributed by atoms with Gasteiger partial charge in [-0.25, -0.2) is 0 Å². The molecular weight excluding hydrogens is 132 g/mol. The van der Waals surface area contributed by atoms with Crippen LogP contribution in [0.4, 0.5) is 0 Å². The summed E-state index contributed by atoms with van der Waals surface area (Å²) in [5, 5.41) is 9.22. The second kappa shape index (κ2) is 3.56. The molecule has 0 amide bonds. The van der Waals surface area contributed by atoms with E-state index in [2.05, 4.69) is 4.74 Å². The van der Waals surface area contributed by atoms with Gasteiger partial charge in [0.1, 0.15) is 6.10 Å². The molecule has 2 atom stereocenters. The molecule has 0 aliphatic heterocycles. The predicted octanol–water partition coefficient (Wildman–Crippen LogP) is 0.463. The quantitative estimate of drug-likeness (QED) is 0.573. The maximum absolute atomic E-state index is 9.89. The van der Waals surface area contributed by atoms with Crippen LogP contribution in [0.2, 0.25) is 0 Å². The van der Waals surface area contributed by atoms with E-state index in [1.807, 2.05) is 0 Å². The fraction of sp³-hybridized carbons (Fsp3) is 0.857. The first kappa shape index (κ1) is 7.54. The maximum atomic E-state index is 9.89. The minimum atomic E-state index is -0.432. The molecule has 3 heteroatoms. The first-order chi connectivity index (χ1) is 4.84. The van der Waals surface area contributed by atoms with E-state index < -0.39 is 6.10 Å². The molecule has 1 rings (SSSR count). The highest BCUT2D eigenvalue weighted by molar-refractivity contribution is 5.37. The van der Waals surface area contributed by atoms with E-state index in [0.717, 1.165) is 25.7 Å². The van der Waals surface area contributed by atoms with Crippen molar-refractivity contribution in [2.24, 2.45) is 0 Å². The number of hydrogen-bond donors (Lipinski definition) is 1. The van der Waals surface area contributed by atoms with E-state index in [-0.39, 0.29) is 6.10 Å². The SMILES string of the molecule is O=COC1CCCCC1O. The minimum absolute atomic E-state index is 0.244. The van der Waals surface area contributed by atoms with E-state index in [0.29, 0.717) is 6.47 Å². The van der Waals surface area contributed by atoms with Gasteiger partial charge in [-0.3, -0.25) is 4.79 Å². The summed E-state index contributed by atoms with van der Waals surface area (Å²) in [7, 11) is 0. The highest BCUT2D eigenvalue weighted by Crippen LogP contribution is 2.20. The van der Waals surface area contributed by atoms with Crippen LogP contribution in [-0.2, 0) is 9.53 Å².